The van der Waals surface area contributed by atoms with Crippen molar-refractivity contribution in [3.05, 3.63) is 33.4 Å². The number of aryl methyl sites for hydroxylation is 1. The first kappa shape index (κ1) is 15.4. The SMILES string of the molecule is CCOC(=O)Nc1cc([N+](=O)[O-])cc(CC)c1C(=O)[O-]. The maximum Gasteiger partial charge on any atom is 0.411 e. The van der Waals surface area contributed by atoms with E-state index >= 15 is 0 Å². The number of rotatable bonds is 5. The summed E-state index contributed by atoms with van der Waals surface area (Å²) in [6.45, 7) is 3.30. The number of ether oxygens (including phenoxy) is 1. The van der Waals surface area contributed by atoms with Gasteiger partial charge in [0, 0.05) is 17.7 Å². The van der Waals surface area contributed by atoms with Crippen LogP contribution in [0.2, 0.25) is 0 Å². The predicted molar refractivity (Wildman–Crippen MR) is 67.4 cm³/mol. The molecule has 0 fully saturated rings. The molecular weight excluding hydrogens is 268 g/mol. The van der Waals surface area contributed by atoms with E-state index in [9.17, 15) is 24.8 Å². The summed E-state index contributed by atoms with van der Waals surface area (Å²) in [7, 11) is 0. The minimum absolute atomic E-state index is 0.0854. The molecule has 1 N–H and O–H groups in total. The van der Waals surface area contributed by atoms with Gasteiger partial charge < -0.3 is 14.6 Å². The number of non-ortho nitro benzene ring substituents is 1. The summed E-state index contributed by atoms with van der Waals surface area (Å²) in [5.74, 6) is -1.52. The minimum Gasteiger partial charge on any atom is -0.545 e. The van der Waals surface area contributed by atoms with Gasteiger partial charge in [0.1, 0.15) is 0 Å². The highest BCUT2D eigenvalue weighted by Crippen LogP contribution is 2.27. The van der Waals surface area contributed by atoms with E-state index in [1.165, 1.54) is 0 Å². The first-order valence-corrected chi connectivity index (χ1v) is 5.87. The van der Waals surface area contributed by atoms with Gasteiger partial charge in [0.2, 0.25) is 0 Å². The third-order valence-electron chi connectivity index (χ3n) is 2.51. The number of carboxylic acid groups (broad SMARTS) is 1. The fourth-order valence-electron chi connectivity index (χ4n) is 1.69. The molecule has 0 saturated carbocycles. The Labute approximate surface area is 114 Å². The average Bonchev–Trinajstić information content (AvgIpc) is 2.37. The molecule has 0 saturated heterocycles. The summed E-state index contributed by atoms with van der Waals surface area (Å²) in [5.41, 5.74) is -0.620. The molecule has 1 aromatic carbocycles. The number of nitro benzene ring substituents is 1. The van der Waals surface area contributed by atoms with Crippen LogP contribution in [0.4, 0.5) is 16.2 Å². The molecule has 0 spiro atoms. The van der Waals surface area contributed by atoms with Gasteiger partial charge >= 0.3 is 6.09 Å². The van der Waals surface area contributed by atoms with Gasteiger partial charge in [0.15, 0.2) is 0 Å². The van der Waals surface area contributed by atoms with Crippen molar-refractivity contribution in [3.8, 4) is 0 Å². The number of amides is 1. The Morgan fingerprint density at radius 1 is 1.35 bits per heavy atom. The maximum atomic E-state index is 11.4. The molecule has 0 heterocycles. The molecular formula is C12H13N2O6-. The smallest absolute Gasteiger partial charge is 0.411 e. The molecule has 0 aromatic heterocycles. The van der Waals surface area contributed by atoms with Crippen LogP contribution in [-0.4, -0.2) is 23.6 Å². The van der Waals surface area contributed by atoms with E-state index in [1.807, 2.05) is 0 Å². The van der Waals surface area contributed by atoms with Crippen LogP contribution in [-0.2, 0) is 11.2 Å². The summed E-state index contributed by atoms with van der Waals surface area (Å²) in [6.07, 6.45) is -0.653. The molecule has 0 aliphatic heterocycles. The van der Waals surface area contributed by atoms with Crippen molar-refractivity contribution in [1.82, 2.24) is 0 Å². The average molecular weight is 281 g/mol. The molecule has 1 rings (SSSR count). The van der Waals surface area contributed by atoms with Crippen LogP contribution >= 0.6 is 0 Å². The lowest BCUT2D eigenvalue weighted by Gasteiger charge is -2.15. The lowest BCUT2D eigenvalue weighted by atomic mass is 10.0. The zero-order valence-corrected chi connectivity index (χ0v) is 11.0. The summed E-state index contributed by atoms with van der Waals surface area (Å²) in [4.78, 5) is 32.6. The lowest BCUT2D eigenvalue weighted by Crippen LogP contribution is -2.26. The number of nitrogens with zero attached hydrogens (tertiary/aromatic N) is 1. The lowest BCUT2D eigenvalue weighted by molar-refractivity contribution is -0.384. The molecule has 0 atom stereocenters. The van der Waals surface area contributed by atoms with E-state index in [-0.39, 0.29) is 35.5 Å². The number of carboxylic acids is 1. The first-order chi connectivity index (χ1) is 9.40. The zero-order chi connectivity index (χ0) is 15.3. The van der Waals surface area contributed by atoms with E-state index in [1.54, 1.807) is 13.8 Å². The van der Waals surface area contributed by atoms with Crippen molar-refractivity contribution >= 4 is 23.4 Å². The topological polar surface area (TPSA) is 122 Å². The Balaban J connectivity index is 3.36. The monoisotopic (exact) mass is 281 g/mol. The molecule has 8 nitrogen and oxygen atoms in total. The molecule has 1 aromatic rings. The molecule has 20 heavy (non-hydrogen) atoms. The number of hydrogen-bond donors (Lipinski definition) is 1. The number of anilines is 1. The largest absolute Gasteiger partial charge is 0.545 e. The molecule has 1 amide bonds. The third kappa shape index (κ3) is 3.44. The number of carbonyl (C=O) groups excluding carboxylic acids is 2. The van der Waals surface area contributed by atoms with E-state index < -0.39 is 17.0 Å². The Morgan fingerprint density at radius 2 is 2.00 bits per heavy atom. The highest BCUT2D eigenvalue weighted by Gasteiger charge is 2.18. The second-order valence-corrected chi connectivity index (χ2v) is 3.77. The van der Waals surface area contributed by atoms with Gasteiger partial charge in [-0.15, -0.1) is 0 Å². The van der Waals surface area contributed by atoms with Crippen LogP contribution < -0.4 is 10.4 Å². The standard InChI is InChI=1S/C12H14N2O6/c1-3-7-5-8(14(18)19)6-9(10(7)11(15)16)13-12(17)20-4-2/h5-6H,3-4H2,1-2H3,(H,13,17)(H,15,16)/p-1. The van der Waals surface area contributed by atoms with E-state index in [0.29, 0.717) is 0 Å². The highest BCUT2D eigenvalue weighted by molar-refractivity contribution is 5.99. The number of nitrogens with one attached hydrogen (secondary N) is 1. The summed E-state index contributed by atoms with van der Waals surface area (Å²) in [6, 6.07) is 2.10. The van der Waals surface area contributed by atoms with Gasteiger partial charge in [-0.2, -0.15) is 0 Å². The zero-order valence-electron chi connectivity index (χ0n) is 11.0. The van der Waals surface area contributed by atoms with Gasteiger partial charge in [-0.25, -0.2) is 4.79 Å². The van der Waals surface area contributed by atoms with Crippen molar-refractivity contribution in [1.29, 1.82) is 0 Å². The Morgan fingerprint density at radius 3 is 2.45 bits per heavy atom. The molecule has 8 heteroatoms. The van der Waals surface area contributed by atoms with Gasteiger partial charge in [0.05, 0.1) is 23.2 Å². The third-order valence-corrected chi connectivity index (χ3v) is 2.51. The molecule has 0 radical (unpaired) electrons. The maximum absolute atomic E-state index is 11.4. The normalized spacial score (nSPS) is 9.90. The van der Waals surface area contributed by atoms with Gasteiger partial charge in [0.25, 0.3) is 5.69 Å². The van der Waals surface area contributed by atoms with Crippen LogP contribution in [0.5, 0.6) is 0 Å². The molecule has 0 unspecified atom stereocenters. The van der Waals surface area contributed by atoms with Crippen molar-refractivity contribution in [2.24, 2.45) is 0 Å². The predicted octanol–water partition coefficient (Wildman–Crippen LogP) is 1.09. The number of benzene rings is 1. The fourth-order valence-corrected chi connectivity index (χ4v) is 1.69. The number of nitro groups is 1. The molecule has 0 aliphatic rings. The van der Waals surface area contributed by atoms with E-state index in [0.717, 1.165) is 12.1 Å². The van der Waals surface area contributed by atoms with Gasteiger partial charge in [-0.3, -0.25) is 15.4 Å². The van der Waals surface area contributed by atoms with Crippen molar-refractivity contribution in [3.63, 3.8) is 0 Å². The fraction of sp³-hybridized carbons (Fsp3) is 0.333. The summed E-state index contributed by atoms with van der Waals surface area (Å²) in [5, 5.41) is 24.1. The Bertz CT molecular complexity index is 555. The molecule has 108 valence electrons. The van der Waals surface area contributed by atoms with Crippen LogP contribution in [0.3, 0.4) is 0 Å². The quantitative estimate of drug-likeness (QED) is 0.636. The van der Waals surface area contributed by atoms with E-state index in [2.05, 4.69) is 10.1 Å². The Hall–Kier alpha value is -2.64. The van der Waals surface area contributed by atoms with Crippen LogP contribution in [0.25, 0.3) is 0 Å². The molecule has 0 bridgehead atoms. The minimum atomic E-state index is -1.52. The Kier molecular flexibility index (Phi) is 5.01. The second kappa shape index (κ2) is 6.50. The van der Waals surface area contributed by atoms with Crippen molar-refractivity contribution in [2.75, 3.05) is 11.9 Å². The van der Waals surface area contributed by atoms with Gasteiger partial charge in [-0.1, -0.05) is 6.92 Å². The van der Waals surface area contributed by atoms with Crippen LogP contribution in [0, 0.1) is 10.1 Å². The van der Waals surface area contributed by atoms with Crippen molar-refractivity contribution < 1.29 is 24.4 Å². The first-order valence-electron chi connectivity index (χ1n) is 5.87. The highest BCUT2D eigenvalue weighted by atomic mass is 16.6. The number of aromatic carboxylic acids is 1. The van der Waals surface area contributed by atoms with Crippen molar-refractivity contribution in [2.45, 2.75) is 20.3 Å². The number of hydrogen-bond acceptors (Lipinski definition) is 6. The summed E-state index contributed by atoms with van der Waals surface area (Å²) >= 11 is 0. The summed E-state index contributed by atoms with van der Waals surface area (Å²) < 4.78 is 4.62. The van der Waals surface area contributed by atoms with Crippen LogP contribution in [0.1, 0.15) is 29.8 Å². The van der Waals surface area contributed by atoms with Gasteiger partial charge in [-0.05, 0) is 18.9 Å². The van der Waals surface area contributed by atoms with Crippen LogP contribution in [0.15, 0.2) is 12.1 Å². The molecule has 0 aliphatic carbocycles. The van der Waals surface area contributed by atoms with E-state index in [4.69, 9.17) is 0 Å². The number of carbonyl (C=O) groups is 2. The second-order valence-electron chi connectivity index (χ2n) is 3.77.